The first-order chi connectivity index (χ1) is 23.0. The number of unbranched alkanes of at least 4 members (excludes halogenated alkanes) is 2. The minimum Gasteiger partial charge on any atom is -0.397 e. The van der Waals surface area contributed by atoms with Gasteiger partial charge in [-0.25, -0.2) is 0 Å². The normalized spacial score (nSPS) is 17.6. The van der Waals surface area contributed by atoms with E-state index in [1.165, 1.54) is 4.90 Å². The second-order valence-corrected chi connectivity index (χ2v) is 12.8. The Morgan fingerprint density at radius 2 is 1.43 bits per heavy atom. The van der Waals surface area contributed by atoms with Crippen molar-refractivity contribution in [3.8, 4) is 0 Å². The van der Waals surface area contributed by atoms with Crippen molar-refractivity contribution in [3.05, 3.63) is 125 Å². The molecule has 1 aliphatic rings. The van der Waals surface area contributed by atoms with Gasteiger partial charge in [-0.2, -0.15) is 0 Å². The average molecular weight is 654 g/mol. The molecule has 0 bridgehead atoms. The molecular weight excluding hydrogens is 611 g/mol. The van der Waals surface area contributed by atoms with Crippen LogP contribution in [-0.4, -0.2) is 28.8 Å². The minimum absolute atomic E-state index is 0.00684. The summed E-state index contributed by atoms with van der Waals surface area (Å²) in [6, 6.07) is 33.4. The van der Waals surface area contributed by atoms with E-state index in [-0.39, 0.29) is 30.6 Å². The number of nitrogen functional groups attached to an aromatic ring is 1. The topological polar surface area (TPSA) is 123 Å². The molecule has 47 heavy (non-hydrogen) atoms. The van der Waals surface area contributed by atoms with Crippen molar-refractivity contribution in [2.75, 3.05) is 16.8 Å². The highest BCUT2D eigenvalue weighted by Crippen LogP contribution is 2.39. The summed E-state index contributed by atoms with van der Waals surface area (Å²) in [4.78, 5) is 25.8. The second-order valence-electron chi connectivity index (χ2n) is 11.7. The van der Waals surface area contributed by atoms with Crippen LogP contribution in [-0.2, 0) is 32.2 Å². The largest absolute Gasteiger partial charge is 0.397 e. The summed E-state index contributed by atoms with van der Waals surface area (Å²) in [6.45, 7) is 0.440. The van der Waals surface area contributed by atoms with Crippen LogP contribution in [0.1, 0.15) is 73.2 Å². The summed E-state index contributed by atoms with van der Waals surface area (Å²) in [5.41, 5.74) is 10.9. The van der Waals surface area contributed by atoms with Gasteiger partial charge in [0.15, 0.2) is 6.29 Å². The van der Waals surface area contributed by atoms with Gasteiger partial charge in [0.25, 0.3) is 0 Å². The molecule has 0 unspecified atom stereocenters. The van der Waals surface area contributed by atoms with Gasteiger partial charge in [0.1, 0.15) is 0 Å². The zero-order valence-corrected chi connectivity index (χ0v) is 27.3. The number of para-hydroxylation sites is 2. The predicted octanol–water partition coefficient (Wildman–Crippen LogP) is 7.30. The zero-order valence-electron chi connectivity index (χ0n) is 26.5. The molecule has 0 spiro atoms. The number of rotatable bonds is 15. The lowest BCUT2D eigenvalue weighted by atomic mass is 10.0. The number of aliphatic hydroxyl groups excluding tert-OH is 1. The van der Waals surface area contributed by atoms with Crippen LogP contribution in [0.2, 0.25) is 0 Å². The quantitative estimate of drug-likeness (QED) is 0.0603. The van der Waals surface area contributed by atoms with Crippen molar-refractivity contribution in [1.82, 2.24) is 5.32 Å². The highest BCUT2D eigenvalue weighted by molar-refractivity contribution is 7.99. The molecule has 9 heteroatoms. The molecule has 5 N–H and O–H groups in total. The van der Waals surface area contributed by atoms with Crippen molar-refractivity contribution < 1.29 is 24.2 Å². The van der Waals surface area contributed by atoms with Crippen molar-refractivity contribution in [2.45, 2.75) is 75.1 Å². The van der Waals surface area contributed by atoms with Gasteiger partial charge in [0.05, 0.1) is 30.2 Å². The van der Waals surface area contributed by atoms with Gasteiger partial charge in [-0.05, 0) is 53.8 Å². The highest BCUT2D eigenvalue weighted by atomic mass is 32.2. The minimum atomic E-state index is -0.525. The van der Waals surface area contributed by atoms with Gasteiger partial charge in [0.2, 0.25) is 11.8 Å². The number of nitrogens with one attached hydrogen (secondary N) is 2. The molecule has 1 saturated heterocycles. The van der Waals surface area contributed by atoms with Crippen molar-refractivity contribution in [3.63, 3.8) is 0 Å². The molecule has 4 aromatic rings. The zero-order chi connectivity index (χ0) is 32.8. The maximum absolute atomic E-state index is 12.5. The maximum atomic E-state index is 12.5. The fraction of sp³-hybridized carbons (Fsp3) is 0.316. The second kappa shape index (κ2) is 17.7. The Labute approximate surface area is 281 Å². The summed E-state index contributed by atoms with van der Waals surface area (Å²) in [6.07, 6.45) is 3.07. The van der Waals surface area contributed by atoms with Crippen LogP contribution in [0.4, 0.5) is 11.4 Å². The number of hydrogen-bond acceptors (Lipinski definition) is 7. The number of nitrogens with two attached hydrogens (primary N) is 1. The third kappa shape index (κ3) is 10.7. The molecule has 1 aliphatic heterocycles. The van der Waals surface area contributed by atoms with Gasteiger partial charge in [-0.1, -0.05) is 85.3 Å². The molecule has 5 rings (SSSR count). The maximum Gasteiger partial charge on any atom is 0.224 e. The summed E-state index contributed by atoms with van der Waals surface area (Å²) < 4.78 is 12.9. The van der Waals surface area contributed by atoms with Gasteiger partial charge in [-0.15, -0.1) is 11.8 Å². The number of carbonyl (C=O) groups is 2. The van der Waals surface area contributed by atoms with E-state index in [9.17, 15) is 14.7 Å². The molecular formula is C38H43N3O5S. The summed E-state index contributed by atoms with van der Waals surface area (Å²) >= 11 is 1.77. The smallest absolute Gasteiger partial charge is 0.224 e. The molecule has 1 fully saturated rings. The molecule has 0 radical (unpaired) electrons. The van der Waals surface area contributed by atoms with Gasteiger partial charge in [-0.3, -0.25) is 9.59 Å². The van der Waals surface area contributed by atoms with Crippen molar-refractivity contribution >= 4 is 35.0 Å². The molecule has 0 aromatic heterocycles. The van der Waals surface area contributed by atoms with Crippen LogP contribution in [0, 0.1) is 0 Å². The van der Waals surface area contributed by atoms with Gasteiger partial charge < -0.3 is 30.9 Å². The first-order valence-corrected chi connectivity index (χ1v) is 17.1. The van der Waals surface area contributed by atoms with Gasteiger partial charge in [0, 0.05) is 42.0 Å². The first-order valence-electron chi connectivity index (χ1n) is 16.1. The lowest BCUT2D eigenvalue weighted by Crippen LogP contribution is -2.31. The Kier molecular flexibility index (Phi) is 12.9. The fourth-order valence-corrected chi connectivity index (χ4v) is 6.32. The lowest BCUT2D eigenvalue weighted by molar-refractivity contribution is -0.245. The van der Waals surface area contributed by atoms with Crippen LogP contribution >= 0.6 is 11.8 Å². The first kappa shape index (κ1) is 34.2. The van der Waals surface area contributed by atoms with E-state index in [0.717, 1.165) is 47.3 Å². The molecule has 3 atom stereocenters. The van der Waals surface area contributed by atoms with E-state index < -0.39 is 6.29 Å². The van der Waals surface area contributed by atoms with E-state index in [0.29, 0.717) is 37.2 Å². The highest BCUT2D eigenvalue weighted by Gasteiger charge is 2.32. The fourth-order valence-electron chi connectivity index (χ4n) is 5.38. The molecule has 4 aromatic carbocycles. The average Bonchev–Trinajstić information content (AvgIpc) is 3.11. The summed E-state index contributed by atoms with van der Waals surface area (Å²) in [7, 11) is 0. The lowest BCUT2D eigenvalue weighted by Gasteiger charge is -2.36. The van der Waals surface area contributed by atoms with Crippen LogP contribution in [0.3, 0.4) is 0 Å². The van der Waals surface area contributed by atoms with E-state index in [2.05, 4.69) is 22.8 Å². The standard InChI is InChI=1S/C38H43N3O5S/c39-33-11-7-8-12-34(33)41-37(44)14-6-2-5-13-36(43)40-24-27-15-21-30(22-16-27)38-45-31(26-47-32-9-3-1-4-10-32)23-35(46-38)29-19-17-28(25-42)18-20-29/h1,3-4,7-12,15-22,31,35,38,42H,2,5-6,13-14,23-26,39H2,(H,40,43)(H,41,44)/t31-,35+,38+/m0/s1. The van der Waals surface area contributed by atoms with Crippen LogP contribution in [0.5, 0.6) is 0 Å². The molecule has 0 saturated carbocycles. The molecule has 246 valence electrons. The number of benzene rings is 4. The molecule has 1 heterocycles. The molecule has 2 amide bonds. The number of anilines is 2. The van der Waals surface area contributed by atoms with Crippen LogP contribution < -0.4 is 16.4 Å². The summed E-state index contributed by atoms with van der Waals surface area (Å²) in [5, 5.41) is 15.3. The van der Waals surface area contributed by atoms with Crippen molar-refractivity contribution in [1.29, 1.82) is 0 Å². The monoisotopic (exact) mass is 653 g/mol. The van der Waals surface area contributed by atoms with E-state index in [1.54, 1.807) is 23.9 Å². The van der Waals surface area contributed by atoms with Crippen LogP contribution in [0.15, 0.2) is 108 Å². The number of ether oxygens (including phenoxy) is 2. The van der Waals surface area contributed by atoms with E-state index >= 15 is 0 Å². The molecule has 0 aliphatic carbocycles. The Hall–Kier alpha value is -4.15. The number of carbonyl (C=O) groups excluding carboxylic acids is 2. The Morgan fingerprint density at radius 1 is 0.766 bits per heavy atom. The van der Waals surface area contributed by atoms with E-state index in [4.69, 9.17) is 15.2 Å². The third-order valence-electron chi connectivity index (χ3n) is 8.08. The number of thioether (sulfide) groups is 1. The Bertz CT molecular complexity index is 1570. The SMILES string of the molecule is Nc1ccccc1NC(=O)CCCCCC(=O)NCc1ccc([C@@H]2O[C@H](CSc3ccccc3)C[C@H](c3ccc(CO)cc3)O2)cc1. The third-order valence-corrected chi connectivity index (χ3v) is 9.22. The van der Waals surface area contributed by atoms with Crippen molar-refractivity contribution in [2.24, 2.45) is 0 Å². The molecule has 8 nitrogen and oxygen atoms in total. The predicted molar refractivity (Wildman–Crippen MR) is 186 cm³/mol. The number of aliphatic hydroxyl groups is 1. The van der Waals surface area contributed by atoms with E-state index in [1.807, 2.05) is 78.9 Å². The number of hydrogen-bond donors (Lipinski definition) is 4. The van der Waals surface area contributed by atoms with Gasteiger partial charge >= 0.3 is 0 Å². The Morgan fingerprint density at radius 3 is 2.15 bits per heavy atom. The Balaban J connectivity index is 1.08. The van der Waals surface area contributed by atoms with Crippen LogP contribution in [0.25, 0.3) is 0 Å². The number of amides is 2. The summed E-state index contributed by atoms with van der Waals surface area (Å²) in [5.74, 6) is 0.715.